The zero-order valence-electron chi connectivity index (χ0n) is 10.7. The summed E-state index contributed by atoms with van der Waals surface area (Å²) in [6.45, 7) is 4.83. The van der Waals surface area contributed by atoms with Gasteiger partial charge in [0.2, 0.25) is 10.0 Å². The highest BCUT2D eigenvalue weighted by Gasteiger charge is 2.31. The maximum absolute atomic E-state index is 12.5. The minimum Gasteiger partial charge on any atom is -0.309 e. The molecule has 1 aliphatic heterocycles. The highest BCUT2D eigenvalue weighted by atomic mass is 35.5. The van der Waals surface area contributed by atoms with Crippen LogP contribution in [0, 0.1) is 0 Å². The Hall–Kier alpha value is -0.330. The van der Waals surface area contributed by atoms with E-state index in [0.717, 1.165) is 0 Å². The van der Waals surface area contributed by atoms with Gasteiger partial charge in [0.1, 0.15) is 0 Å². The van der Waals surface area contributed by atoms with Gasteiger partial charge in [-0.3, -0.25) is 0 Å². The van der Waals surface area contributed by atoms with Crippen LogP contribution in [0.1, 0.15) is 13.8 Å². The van der Waals surface area contributed by atoms with Crippen molar-refractivity contribution in [2.75, 3.05) is 13.1 Å². The number of sulfonamides is 1. The quantitative estimate of drug-likeness (QED) is 0.909. The third kappa shape index (κ3) is 3.23. The molecule has 0 bridgehead atoms. The fourth-order valence-corrected chi connectivity index (χ4v) is 4.27. The zero-order valence-corrected chi connectivity index (χ0v) is 13.1. The van der Waals surface area contributed by atoms with Crippen molar-refractivity contribution < 1.29 is 8.42 Å². The molecule has 1 aromatic carbocycles. The Morgan fingerprint density at radius 1 is 1.16 bits per heavy atom. The van der Waals surface area contributed by atoms with Gasteiger partial charge >= 0.3 is 0 Å². The molecule has 1 heterocycles. The van der Waals surface area contributed by atoms with Gasteiger partial charge in [-0.05, 0) is 32.0 Å². The van der Waals surface area contributed by atoms with Gasteiger partial charge in [-0.15, -0.1) is 0 Å². The topological polar surface area (TPSA) is 49.4 Å². The average molecular weight is 323 g/mol. The van der Waals surface area contributed by atoms with Crippen LogP contribution in [-0.4, -0.2) is 37.9 Å². The number of nitrogens with zero attached hydrogens (tertiary/aromatic N) is 1. The first-order valence-corrected chi connectivity index (χ1v) is 8.21. The fourth-order valence-electron chi connectivity index (χ4n) is 2.26. The van der Waals surface area contributed by atoms with Crippen molar-refractivity contribution >= 4 is 33.2 Å². The second-order valence-electron chi connectivity index (χ2n) is 4.87. The van der Waals surface area contributed by atoms with Crippen molar-refractivity contribution in [3.63, 3.8) is 0 Å². The molecule has 0 spiro atoms. The van der Waals surface area contributed by atoms with Crippen LogP contribution in [0.5, 0.6) is 0 Å². The summed E-state index contributed by atoms with van der Waals surface area (Å²) in [5, 5.41) is 3.90. The largest absolute Gasteiger partial charge is 0.309 e. The van der Waals surface area contributed by atoms with Crippen molar-refractivity contribution in [2.24, 2.45) is 0 Å². The van der Waals surface area contributed by atoms with Crippen LogP contribution in [0.2, 0.25) is 10.0 Å². The number of piperazine rings is 1. The molecule has 7 heteroatoms. The molecular weight excluding hydrogens is 307 g/mol. The molecule has 0 saturated carbocycles. The van der Waals surface area contributed by atoms with Crippen LogP contribution in [-0.2, 0) is 10.0 Å². The van der Waals surface area contributed by atoms with E-state index in [1.54, 1.807) is 0 Å². The Morgan fingerprint density at radius 3 is 2.26 bits per heavy atom. The van der Waals surface area contributed by atoms with E-state index in [2.05, 4.69) is 5.32 Å². The van der Waals surface area contributed by atoms with Crippen LogP contribution in [0.15, 0.2) is 23.1 Å². The molecule has 2 atom stereocenters. The molecule has 0 amide bonds. The second-order valence-corrected chi connectivity index (χ2v) is 7.62. The summed E-state index contributed by atoms with van der Waals surface area (Å²) in [7, 11) is -3.52. The Labute approximate surface area is 123 Å². The van der Waals surface area contributed by atoms with E-state index in [-0.39, 0.29) is 22.0 Å². The molecule has 2 unspecified atom stereocenters. The molecule has 19 heavy (non-hydrogen) atoms. The molecule has 0 aliphatic carbocycles. The van der Waals surface area contributed by atoms with Gasteiger partial charge in [-0.2, -0.15) is 4.31 Å². The summed E-state index contributed by atoms with van der Waals surface area (Å²) in [5.41, 5.74) is 0. The van der Waals surface area contributed by atoms with Crippen molar-refractivity contribution in [3.05, 3.63) is 28.2 Å². The van der Waals surface area contributed by atoms with E-state index >= 15 is 0 Å². The summed E-state index contributed by atoms with van der Waals surface area (Å²) in [6, 6.07) is 4.64. The lowest BCUT2D eigenvalue weighted by Crippen LogP contribution is -2.55. The first-order chi connectivity index (χ1) is 8.80. The van der Waals surface area contributed by atoms with Gasteiger partial charge in [-0.25, -0.2) is 8.42 Å². The van der Waals surface area contributed by atoms with Gasteiger partial charge in [0, 0.05) is 25.2 Å². The van der Waals surface area contributed by atoms with Crippen molar-refractivity contribution in [1.82, 2.24) is 9.62 Å². The molecule has 4 nitrogen and oxygen atoms in total. The summed E-state index contributed by atoms with van der Waals surface area (Å²) in [6.07, 6.45) is 0. The van der Waals surface area contributed by atoms with Crippen LogP contribution in [0.3, 0.4) is 0 Å². The predicted octanol–water partition coefficient (Wildman–Crippen LogP) is 2.36. The number of nitrogens with one attached hydrogen (secondary N) is 1. The number of rotatable bonds is 2. The monoisotopic (exact) mass is 322 g/mol. The number of hydrogen-bond donors (Lipinski definition) is 1. The molecule has 1 aliphatic rings. The average Bonchev–Trinajstić information content (AvgIpc) is 2.31. The van der Waals surface area contributed by atoms with Gasteiger partial charge in [0.25, 0.3) is 0 Å². The highest BCUT2D eigenvalue weighted by Crippen LogP contribution is 2.27. The lowest BCUT2D eigenvalue weighted by molar-refractivity contribution is 0.263. The second kappa shape index (κ2) is 5.58. The van der Waals surface area contributed by atoms with E-state index in [4.69, 9.17) is 23.2 Å². The highest BCUT2D eigenvalue weighted by molar-refractivity contribution is 7.89. The molecular formula is C12H16Cl2N2O2S. The third-order valence-corrected chi connectivity index (χ3v) is 5.62. The number of halogens is 2. The molecule has 1 saturated heterocycles. The first-order valence-electron chi connectivity index (χ1n) is 6.02. The molecule has 2 rings (SSSR count). The smallest absolute Gasteiger partial charge is 0.243 e. The lowest BCUT2D eigenvalue weighted by Gasteiger charge is -2.35. The van der Waals surface area contributed by atoms with E-state index in [1.807, 2.05) is 13.8 Å². The zero-order chi connectivity index (χ0) is 14.2. The number of benzene rings is 1. The van der Waals surface area contributed by atoms with Crippen LogP contribution in [0.4, 0.5) is 0 Å². The minimum atomic E-state index is -3.52. The van der Waals surface area contributed by atoms with Gasteiger partial charge < -0.3 is 5.32 Å². The van der Waals surface area contributed by atoms with E-state index in [1.165, 1.54) is 22.5 Å². The van der Waals surface area contributed by atoms with Crippen molar-refractivity contribution in [1.29, 1.82) is 0 Å². The lowest BCUT2D eigenvalue weighted by atomic mass is 10.2. The van der Waals surface area contributed by atoms with Crippen LogP contribution < -0.4 is 5.32 Å². The fraction of sp³-hybridized carbons (Fsp3) is 0.500. The molecule has 1 aromatic rings. The molecule has 106 valence electrons. The van der Waals surface area contributed by atoms with E-state index in [0.29, 0.717) is 18.1 Å². The van der Waals surface area contributed by atoms with E-state index < -0.39 is 10.0 Å². The molecule has 0 aromatic heterocycles. The Balaban J connectivity index is 2.33. The van der Waals surface area contributed by atoms with Crippen LogP contribution >= 0.6 is 23.2 Å². The Morgan fingerprint density at radius 2 is 1.74 bits per heavy atom. The maximum Gasteiger partial charge on any atom is 0.243 e. The summed E-state index contributed by atoms with van der Waals surface area (Å²) in [4.78, 5) is 0.184. The summed E-state index contributed by atoms with van der Waals surface area (Å²) >= 11 is 11.7. The third-order valence-electron chi connectivity index (χ3n) is 3.05. The van der Waals surface area contributed by atoms with Gasteiger partial charge in [0.15, 0.2) is 0 Å². The normalized spacial score (nSPS) is 25.5. The van der Waals surface area contributed by atoms with Crippen molar-refractivity contribution in [3.8, 4) is 0 Å². The minimum absolute atomic E-state index is 0.126. The SMILES string of the molecule is CC1CN(S(=O)(=O)c2ccc(Cl)c(Cl)c2)CC(C)N1. The van der Waals surface area contributed by atoms with Crippen LogP contribution in [0.25, 0.3) is 0 Å². The van der Waals surface area contributed by atoms with E-state index in [9.17, 15) is 8.42 Å². The molecule has 0 radical (unpaired) electrons. The number of hydrogen-bond acceptors (Lipinski definition) is 3. The first kappa shape index (κ1) is 15.1. The van der Waals surface area contributed by atoms with Crippen molar-refractivity contribution in [2.45, 2.75) is 30.8 Å². The summed E-state index contributed by atoms with van der Waals surface area (Å²) < 4.78 is 26.6. The van der Waals surface area contributed by atoms with Gasteiger partial charge in [0.05, 0.1) is 14.9 Å². The maximum atomic E-state index is 12.5. The molecule has 1 fully saturated rings. The Bertz CT molecular complexity index is 567. The molecule has 1 N–H and O–H groups in total. The predicted molar refractivity (Wildman–Crippen MR) is 77.3 cm³/mol. The Kier molecular flexibility index (Phi) is 4.42. The van der Waals surface area contributed by atoms with Gasteiger partial charge in [-0.1, -0.05) is 23.2 Å². The standard InChI is InChI=1S/C12H16Cl2N2O2S/c1-8-6-16(7-9(2)15-8)19(17,18)10-3-4-11(13)12(14)5-10/h3-5,8-9,15H,6-7H2,1-2H3. The summed E-state index contributed by atoms with van der Waals surface area (Å²) in [5.74, 6) is 0.